The molecule has 0 unspecified atom stereocenters. The van der Waals surface area contributed by atoms with Gasteiger partial charge in [0.2, 0.25) is 0 Å². The van der Waals surface area contributed by atoms with Crippen molar-refractivity contribution in [1.82, 2.24) is 4.90 Å². The monoisotopic (exact) mass is 283 g/mol. The first-order chi connectivity index (χ1) is 9.15. The zero-order chi connectivity index (χ0) is 15.4. The highest BCUT2D eigenvalue weighted by atomic mass is 16.6. The maximum absolute atomic E-state index is 11.9. The summed E-state index contributed by atoms with van der Waals surface area (Å²) in [5.41, 5.74) is -0.546. The minimum absolute atomic E-state index is 0.0767. The fourth-order valence-corrected chi connectivity index (χ4v) is 2.03. The summed E-state index contributed by atoms with van der Waals surface area (Å²) in [4.78, 5) is 24.8. The first kappa shape index (κ1) is 16.5. The Balaban J connectivity index is 2.52. The van der Waals surface area contributed by atoms with Crippen LogP contribution in [0.5, 0.6) is 0 Å². The van der Waals surface area contributed by atoms with Gasteiger partial charge in [0.05, 0.1) is 7.11 Å². The summed E-state index contributed by atoms with van der Waals surface area (Å²) in [6, 6.07) is 0. The Kier molecular flexibility index (Phi) is 5.20. The van der Waals surface area contributed by atoms with Gasteiger partial charge in [0.15, 0.2) is 0 Å². The van der Waals surface area contributed by atoms with Crippen molar-refractivity contribution in [3.8, 4) is 0 Å². The molecule has 0 aromatic rings. The highest BCUT2D eigenvalue weighted by Crippen LogP contribution is 2.32. The van der Waals surface area contributed by atoms with Crippen molar-refractivity contribution in [3.63, 3.8) is 0 Å². The Morgan fingerprint density at radius 1 is 1.20 bits per heavy atom. The first-order valence-corrected chi connectivity index (χ1v) is 6.90. The third-order valence-corrected chi connectivity index (χ3v) is 3.38. The molecule has 0 atom stereocenters. The molecule has 0 aromatic carbocycles. The Morgan fingerprint density at radius 2 is 1.75 bits per heavy atom. The van der Waals surface area contributed by atoms with E-state index in [2.05, 4.69) is 11.7 Å². The summed E-state index contributed by atoms with van der Waals surface area (Å²) in [6.45, 7) is 8.93. The number of piperidine rings is 1. The summed E-state index contributed by atoms with van der Waals surface area (Å²) >= 11 is 0. The van der Waals surface area contributed by atoms with Crippen LogP contribution >= 0.6 is 0 Å². The quantitative estimate of drug-likeness (QED) is 0.577. The van der Waals surface area contributed by atoms with E-state index in [1.807, 2.05) is 26.8 Å². The molecular weight excluding hydrogens is 258 g/mol. The van der Waals surface area contributed by atoms with Gasteiger partial charge >= 0.3 is 12.1 Å². The van der Waals surface area contributed by atoms with Crippen LogP contribution in [0.25, 0.3) is 0 Å². The highest BCUT2D eigenvalue weighted by molar-refractivity contribution is 5.81. The molecule has 1 aliphatic heterocycles. The van der Waals surface area contributed by atoms with Crippen LogP contribution in [0, 0.1) is 5.41 Å². The molecule has 5 heteroatoms. The molecule has 1 saturated heterocycles. The van der Waals surface area contributed by atoms with E-state index in [1.54, 1.807) is 4.90 Å². The summed E-state index contributed by atoms with van der Waals surface area (Å²) in [7, 11) is 1.36. The number of hydrogen-bond acceptors (Lipinski definition) is 4. The predicted octanol–water partition coefficient (Wildman–Crippen LogP) is 2.75. The molecule has 1 rings (SSSR count). The van der Waals surface area contributed by atoms with Gasteiger partial charge < -0.3 is 14.4 Å². The van der Waals surface area contributed by atoms with E-state index < -0.39 is 5.60 Å². The normalized spacial score (nSPS) is 18.9. The maximum atomic E-state index is 11.9. The van der Waals surface area contributed by atoms with Gasteiger partial charge in [0, 0.05) is 19.2 Å². The Labute approximate surface area is 120 Å². The van der Waals surface area contributed by atoms with Gasteiger partial charge in [-0.15, -0.1) is 0 Å². The van der Waals surface area contributed by atoms with E-state index >= 15 is 0 Å². The second-order valence-electron chi connectivity index (χ2n) is 6.48. The van der Waals surface area contributed by atoms with Crippen molar-refractivity contribution in [2.24, 2.45) is 5.41 Å². The lowest BCUT2D eigenvalue weighted by Crippen LogP contribution is -2.44. The zero-order valence-electron chi connectivity index (χ0n) is 13.1. The molecule has 0 bridgehead atoms. The number of methoxy groups -OCH3 is 1. The Morgan fingerprint density at radius 3 is 2.20 bits per heavy atom. The van der Waals surface area contributed by atoms with E-state index in [4.69, 9.17) is 4.74 Å². The zero-order valence-corrected chi connectivity index (χ0v) is 13.1. The molecule has 0 aliphatic carbocycles. The smallest absolute Gasteiger partial charge is 0.410 e. The van der Waals surface area contributed by atoms with Crippen molar-refractivity contribution in [2.75, 3.05) is 20.2 Å². The molecule has 20 heavy (non-hydrogen) atoms. The predicted molar refractivity (Wildman–Crippen MR) is 76.3 cm³/mol. The first-order valence-electron chi connectivity index (χ1n) is 6.90. The molecule has 0 saturated carbocycles. The number of nitrogens with zero attached hydrogens (tertiary/aromatic N) is 1. The van der Waals surface area contributed by atoms with E-state index in [0.717, 1.165) is 12.8 Å². The SMILES string of the molecule is COC(=O)C=CC1(C)CCN(C(=O)OC(C)(C)C)CC1. The molecule has 1 fully saturated rings. The number of hydrogen-bond donors (Lipinski definition) is 0. The van der Waals surface area contributed by atoms with Crippen molar-refractivity contribution in [3.05, 3.63) is 12.2 Å². The fourth-order valence-electron chi connectivity index (χ4n) is 2.03. The third kappa shape index (κ3) is 5.23. The van der Waals surface area contributed by atoms with Crippen LogP contribution in [0.3, 0.4) is 0 Å². The number of esters is 1. The van der Waals surface area contributed by atoms with Crippen LogP contribution in [0.1, 0.15) is 40.5 Å². The van der Waals surface area contributed by atoms with Crippen LogP contribution in [0.2, 0.25) is 0 Å². The Bertz CT molecular complexity index is 387. The van der Waals surface area contributed by atoms with Crippen LogP contribution in [-0.4, -0.2) is 42.8 Å². The van der Waals surface area contributed by atoms with Gasteiger partial charge in [-0.05, 0) is 39.0 Å². The molecule has 0 spiro atoms. The standard InChI is InChI=1S/C15H25NO4/c1-14(2,3)20-13(18)16-10-8-15(4,9-11-16)7-6-12(17)19-5/h6-7H,8-11H2,1-5H3. The van der Waals surface area contributed by atoms with Crippen molar-refractivity contribution in [2.45, 2.75) is 46.1 Å². The largest absolute Gasteiger partial charge is 0.466 e. The van der Waals surface area contributed by atoms with Gasteiger partial charge in [0.25, 0.3) is 0 Å². The second-order valence-corrected chi connectivity index (χ2v) is 6.48. The minimum Gasteiger partial charge on any atom is -0.466 e. The Hall–Kier alpha value is -1.52. The van der Waals surface area contributed by atoms with Crippen LogP contribution in [-0.2, 0) is 14.3 Å². The van der Waals surface area contributed by atoms with E-state index in [-0.39, 0.29) is 17.5 Å². The number of rotatable bonds is 2. The summed E-state index contributed by atoms with van der Waals surface area (Å²) in [5, 5.41) is 0. The van der Waals surface area contributed by atoms with Crippen molar-refractivity contribution >= 4 is 12.1 Å². The average Bonchev–Trinajstić information content (AvgIpc) is 2.34. The molecule has 1 heterocycles. The van der Waals surface area contributed by atoms with Crippen LogP contribution in [0.4, 0.5) is 4.79 Å². The lowest BCUT2D eigenvalue weighted by atomic mass is 9.80. The molecule has 0 aromatic heterocycles. The van der Waals surface area contributed by atoms with Gasteiger partial charge in [0.1, 0.15) is 5.60 Å². The number of carbonyl (C=O) groups is 2. The van der Waals surface area contributed by atoms with Crippen molar-refractivity contribution in [1.29, 1.82) is 0 Å². The topological polar surface area (TPSA) is 55.8 Å². The maximum Gasteiger partial charge on any atom is 0.410 e. The summed E-state index contributed by atoms with van der Waals surface area (Å²) in [5.74, 6) is -0.346. The van der Waals surface area contributed by atoms with Gasteiger partial charge in [-0.3, -0.25) is 0 Å². The summed E-state index contributed by atoms with van der Waals surface area (Å²) in [6.07, 6.45) is 4.69. The average molecular weight is 283 g/mol. The number of likely N-dealkylation sites (tertiary alicyclic amines) is 1. The summed E-state index contributed by atoms with van der Waals surface area (Å²) < 4.78 is 9.95. The minimum atomic E-state index is -0.470. The lowest BCUT2D eigenvalue weighted by molar-refractivity contribution is -0.134. The van der Waals surface area contributed by atoms with E-state index in [9.17, 15) is 9.59 Å². The molecule has 0 radical (unpaired) electrons. The number of allylic oxidation sites excluding steroid dienone is 1. The van der Waals surface area contributed by atoms with E-state index in [1.165, 1.54) is 13.2 Å². The fraction of sp³-hybridized carbons (Fsp3) is 0.733. The van der Waals surface area contributed by atoms with Gasteiger partial charge in [-0.25, -0.2) is 9.59 Å². The highest BCUT2D eigenvalue weighted by Gasteiger charge is 2.32. The number of ether oxygens (including phenoxy) is 2. The molecule has 114 valence electrons. The number of carbonyl (C=O) groups excluding carboxylic acids is 2. The van der Waals surface area contributed by atoms with E-state index in [0.29, 0.717) is 13.1 Å². The van der Waals surface area contributed by atoms with Crippen LogP contribution in [0.15, 0.2) is 12.2 Å². The molecule has 0 N–H and O–H groups in total. The lowest BCUT2D eigenvalue weighted by Gasteiger charge is -2.38. The molecule has 1 aliphatic rings. The molecule has 1 amide bonds. The van der Waals surface area contributed by atoms with Gasteiger partial charge in [-0.2, -0.15) is 0 Å². The second kappa shape index (κ2) is 6.29. The van der Waals surface area contributed by atoms with Crippen LogP contribution < -0.4 is 0 Å². The molecular formula is C15H25NO4. The van der Waals surface area contributed by atoms with Crippen molar-refractivity contribution < 1.29 is 19.1 Å². The number of amides is 1. The molecule has 5 nitrogen and oxygen atoms in total. The third-order valence-electron chi connectivity index (χ3n) is 3.38. The van der Waals surface area contributed by atoms with Gasteiger partial charge in [-0.1, -0.05) is 13.0 Å².